The van der Waals surface area contributed by atoms with Gasteiger partial charge in [-0.1, -0.05) is 6.92 Å². The van der Waals surface area contributed by atoms with Crippen molar-refractivity contribution in [3.8, 4) is 0 Å². The molecular weight excluding hydrogens is 188 g/mol. The van der Waals surface area contributed by atoms with Gasteiger partial charge in [0, 0.05) is 13.2 Å². The summed E-state index contributed by atoms with van der Waals surface area (Å²) in [7, 11) is 0. The van der Waals surface area contributed by atoms with Crippen LogP contribution in [-0.2, 0) is 9.47 Å². The van der Waals surface area contributed by atoms with Crippen LogP contribution in [0.4, 0.5) is 0 Å². The van der Waals surface area contributed by atoms with Crippen molar-refractivity contribution in [2.45, 2.75) is 65.1 Å². The molecule has 15 heavy (non-hydrogen) atoms. The van der Waals surface area contributed by atoms with Crippen molar-refractivity contribution in [2.75, 3.05) is 13.2 Å². The standard InChI is InChI=1S/C7H14O.C6H12O/c1-6-3-4-8-7(2)5-6;1-6-4-2-3-5-7-6/h6-7H,3-5H2,1-2H3;6H,2-5H2,1H3. The molecule has 3 unspecified atom stereocenters. The lowest BCUT2D eigenvalue weighted by molar-refractivity contribution is 0.00682. The molecule has 2 aliphatic rings. The van der Waals surface area contributed by atoms with Crippen molar-refractivity contribution in [3.05, 3.63) is 0 Å². The van der Waals surface area contributed by atoms with Gasteiger partial charge in [-0.15, -0.1) is 0 Å². The monoisotopic (exact) mass is 214 g/mol. The predicted molar refractivity (Wildman–Crippen MR) is 63.1 cm³/mol. The molecule has 0 bridgehead atoms. The molecule has 0 aliphatic carbocycles. The largest absolute Gasteiger partial charge is 0.379 e. The second kappa shape index (κ2) is 7.24. The number of hydrogen-bond acceptors (Lipinski definition) is 2. The van der Waals surface area contributed by atoms with E-state index in [1.54, 1.807) is 0 Å². The lowest BCUT2D eigenvalue weighted by atomic mass is 9.99. The quantitative estimate of drug-likeness (QED) is 0.615. The molecule has 0 aromatic rings. The molecule has 2 aliphatic heterocycles. The summed E-state index contributed by atoms with van der Waals surface area (Å²) < 4.78 is 10.6. The van der Waals surface area contributed by atoms with E-state index in [4.69, 9.17) is 9.47 Å². The van der Waals surface area contributed by atoms with Crippen molar-refractivity contribution < 1.29 is 9.47 Å². The van der Waals surface area contributed by atoms with Gasteiger partial charge in [0.15, 0.2) is 0 Å². The molecule has 3 atom stereocenters. The van der Waals surface area contributed by atoms with Crippen LogP contribution < -0.4 is 0 Å². The van der Waals surface area contributed by atoms with Crippen LogP contribution in [-0.4, -0.2) is 25.4 Å². The normalized spacial score (nSPS) is 36.6. The number of rotatable bonds is 0. The SMILES string of the molecule is CC1CCCCO1.CC1CCOC(C)C1. The maximum absolute atomic E-state index is 5.35. The maximum atomic E-state index is 5.35. The third-order valence-corrected chi connectivity index (χ3v) is 3.15. The molecule has 0 N–H and O–H groups in total. The number of hydrogen-bond donors (Lipinski definition) is 0. The van der Waals surface area contributed by atoms with Gasteiger partial charge in [0.05, 0.1) is 12.2 Å². The summed E-state index contributed by atoms with van der Waals surface area (Å²) in [5.41, 5.74) is 0. The van der Waals surface area contributed by atoms with Crippen LogP contribution in [0.2, 0.25) is 0 Å². The zero-order chi connectivity index (χ0) is 11.1. The number of ether oxygens (including phenoxy) is 2. The van der Waals surface area contributed by atoms with Gasteiger partial charge in [0.1, 0.15) is 0 Å². The Balaban J connectivity index is 0.000000151. The maximum Gasteiger partial charge on any atom is 0.0549 e. The highest BCUT2D eigenvalue weighted by atomic mass is 16.5. The Morgan fingerprint density at radius 1 is 0.800 bits per heavy atom. The fourth-order valence-electron chi connectivity index (χ4n) is 2.12. The fourth-order valence-corrected chi connectivity index (χ4v) is 2.12. The minimum atomic E-state index is 0.513. The van der Waals surface area contributed by atoms with E-state index in [9.17, 15) is 0 Å². The van der Waals surface area contributed by atoms with Gasteiger partial charge in [0.25, 0.3) is 0 Å². The summed E-state index contributed by atoms with van der Waals surface area (Å²) in [5, 5.41) is 0. The molecule has 2 heteroatoms. The Labute approximate surface area is 94.3 Å². The molecule has 0 amide bonds. The van der Waals surface area contributed by atoms with Gasteiger partial charge in [-0.2, -0.15) is 0 Å². The lowest BCUT2D eigenvalue weighted by Crippen LogP contribution is -2.20. The first-order valence-electron chi connectivity index (χ1n) is 6.41. The summed E-state index contributed by atoms with van der Waals surface area (Å²) in [6, 6.07) is 0. The highest BCUT2D eigenvalue weighted by molar-refractivity contribution is 4.63. The van der Waals surface area contributed by atoms with Crippen molar-refractivity contribution in [1.82, 2.24) is 0 Å². The van der Waals surface area contributed by atoms with Crippen molar-refractivity contribution in [3.63, 3.8) is 0 Å². The fraction of sp³-hybridized carbons (Fsp3) is 1.00. The van der Waals surface area contributed by atoms with Crippen LogP contribution in [0.1, 0.15) is 52.9 Å². The average molecular weight is 214 g/mol. The van der Waals surface area contributed by atoms with E-state index in [1.165, 1.54) is 32.1 Å². The Bertz CT molecular complexity index is 145. The van der Waals surface area contributed by atoms with Gasteiger partial charge in [-0.3, -0.25) is 0 Å². The van der Waals surface area contributed by atoms with E-state index in [2.05, 4.69) is 20.8 Å². The van der Waals surface area contributed by atoms with Gasteiger partial charge in [-0.25, -0.2) is 0 Å². The van der Waals surface area contributed by atoms with Crippen molar-refractivity contribution >= 4 is 0 Å². The molecule has 2 fully saturated rings. The third-order valence-electron chi connectivity index (χ3n) is 3.15. The minimum Gasteiger partial charge on any atom is -0.379 e. The summed E-state index contributed by atoms with van der Waals surface area (Å²) in [4.78, 5) is 0. The molecule has 0 aromatic heterocycles. The summed E-state index contributed by atoms with van der Waals surface area (Å²) >= 11 is 0. The van der Waals surface area contributed by atoms with Crippen LogP contribution in [0.5, 0.6) is 0 Å². The van der Waals surface area contributed by atoms with Gasteiger partial charge in [0.2, 0.25) is 0 Å². The Morgan fingerprint density at radius 3 is 1.87 bits per heavy atom. The minimum absolute atomic E-state index is 0.513. The van der Waals surface area contributed by atoms with Crippen LogP contribution in [0.15, 0.2) is 0 Å². The first-order chi connectivity index (χ1) is 7.18. The van der Waals surface area contributed by atoms with Crippen LogP contribution in [0.25, 0.3) is 0 Å². The molecule has 0 spiro atoms. The second-order valence-electron chi connectivity index (χ2n) is 4.99. The highest BCUT2D eigenvalue weighted by Crippen LogP contribution is 2.18. The predicted octanol–water partition coefficient (Wildman–Crippen LogP) is 3.40. The Morgan fingerprint density at radius 2 is 1.53 bits per heavy atom. The first-order valence-corrected chi connectivity index (χ1v) is 6.41. The molecule has 2 heterocycles. The van der Waals surface area contributed by atoms with E-state index < -0.39 is 0 Å². The van der Waals surface area contributed by atoms with Gasteiger partial charge < -0.3 is 9.47 Å². The molecule has 0 radical (unpaired) electrons. The van der Waals surface area contributed by atoms with Crippen molar-refractivity contribution in [1.29, 1.82) is 0 Å². The lowest BCUT2D eigenvalue weighted by Gasteiger charge is -2.23. The first kappa shape index (κ1) is 13.0. The molecule has 2 saturated heterocycles. The van der Waals surface area contributed by atoms with Gasteiger partial charge >= 0.3 is 0 Å². The van der Waals surface area contributed by atoms with E-state index in [-0.39, 0.29) is 0 Å². The second-order valence-corrected chi connectivity index (χ2v) is 4.99. The Kier molecular flexibility index (Phi) is 6.26. The third kappa shape index (κ3) is 6.16. The summed E-state index contributed by atoms with van der Waals surface area (Å²) in [5.74, 6) is 0.888. The molecular formula is C13H26O2. The average Bonchev–Trinajstić information content (AvgIpc) is 2.19. The topological polar surface area (TPSA) is 18.5 Å². The molecule has 0 saturated carbocycles. The highest BCUT2D eigenvalue weighted by Gasteiger charge is 2.14. The smallest absolute Gasteiger partial charge is 0.0549 e. The molecule has 2 rings (SSSR count). The van der Waals surface area contributed by atoms with E-state index >= 15 is 0 Å². The zero-order valence-electron chi connectivity index (χ0n) is 10.5. The van der Waals surface area contributed by atoms with E-state index in [0.717, 1.165) is 19.1 Å². The van der Waals surface area contributed by atoms with Crippen LogP contribution in [0.3, 0.4) is 0 Å². The van der Waals surface area contributed by atoms with Gasteiger partial charge in [-0.05, 0) is 51.9 Å². The van der Waals surface area contributed by atoms with Crippen molar-refractivity contribution in [2.24, 2.45) is 5.92 Å². The molecule has 0 aromatic carbocycles. The van der Waals surface area contributed by atoms with Crippen LogP contribution >= 0.6 is 0 Å². The van der Waals surface area contributed by atoms with Crippen LogP contribution in [0, 0.1) is 5.92 Å². The summed E-state index contributed by atoms with van der Waals surface area (Å²) in [6.07, 6.45) is 7.45. The molecule has 90 valence electrons. The Hall–Kier alpha value is -0.0800. The molecule has 2 nitrogen and oxygen atoms in total. The zero-order valence-corrected chi connectivity index (χ0v) is 10.5. The summed E-state index contributed by atoms with van der Waals surface area (Å²) in [6.45, 7) is 8.54. The van der Waals surface area contributed by atoms with E-state index in [0.29, 0.717) is 12.2 Å². The van der Waals surface area contributed by atoms with E-state index in [1.807, 2.05) is 0 Å².